The number of nitrogens with zero attached hydrogens (tertiary/aromatic N) is 2. The van der Waals surface area contributed by atoms with E-state index in [4.69, 9.17) is 5.26 Å². The lowest BCUT2D eigenvalue weighted by atomic mass is 10.2. The van der Waals surface area contributed by atoms with Crippen LogP contribution in [0.25, 0.3) is 0 Å². The molecule has 1 aromatic carbocycles. The number of aromatic nitrogens is 1. The third kappa shape index (κ3) is 3.66. The molecule has 108 valence electrons. The van der Waals surface area contributed by atoms with Crippen molar-refractivity contribution in [2.45, 2.75) is 25.3 Å². The Kier molecular flexibility index (Phi) is 4.36. The maximum absolute atomic E-state index is 12.3. The highest BCUT2D eigenvalue weighted by Crippen LogP contribution is 2.17. The van der Waals surface area contributed by atoms with Gasteiger partial charge in [-0.25, -0.2) is 13.1 Å². The molecule has 21 heavy (non-hydrogen) atoms. The van der Waals surface area contributed by atoms with E-state index in [-0.39, 0.29) is 11.4 Å². The van der Waals surface area contributed by atoms with Crippen molar-refractivity contribution in [3.05, 3.63) is 58.9 Å². The van der Waals surface area contributed by atoms with Crippen LogP contribution in [0.15, 0.2) is 41.3 Å². The molecule has 2 rings (SSSR count). The maximum atomic E-state index is 12.3. The summed E-state index contributed by atoms with van der Waals surface area (Å²) in [7, 11) is -3.68. The number of benzene rings is 1. The minimum Gasteiger partial charge on any atom is -0.257 e. The molecular formula is C15H15N3O2S. The Bertz CT molecular complexity index is 808. The fraction of sp³-hybridized carbons (Fsp3) is 0.200. The van der Waals surface area contributed by atoms with Gasteiger partial charge in [-0.2, -0.15) is 5.26 Å². The molecule has 1 heterocycles. The van der Waals surface area contributed by atoms with Crippen molar-refractivity contribution in [2.24, 2.45) is 0 Å². The Morgan fingerprint density at radius 3 is 2.67 bits per heavy atom. The zero-order valence-corrected chi connectivity index (χ0v) is 12.6. The summed E-state index contributed by atoms with van der Waals surface area (Å²) >= 11 is 0. The van der Waals surface area contributed by atoms with Gasteiger partial charge in [-0.15, -0.1) is 0 Å². The Morgan fingerprint density at radius 1 is 1.24 bits per heavy atom. The molecule has 0 aliphatic carbocycles. The van der Waals surface area contributed by atoms with Crippen molar-refractivity contribution in [3.63, 3.8) is 0 Å². The topological polar surface area (TPSA) is 82.9 Å². The average molecular weight is 301 g/mol. The second-order valence-corrected chi connectivity index (χ2v) is 6.42. The number of nitriles is 1. The number of hydrogen-bond acceptors (Lipinski definition) is 4. The van der Waals surface area contributed by atoms with Gasteiger partial charge in [0.15, 0.2) is 0 Å². The van der Waals surface area contributed by atoms with Crippen LogP contribution in [0, 0.1) is 25.2 Å². The monoisotopic (exact) mass is 301 g/mol. The van der Waals surface area contributed by atoms with Gasteiger partial charge in [-0.3, -0.25) is 4.98 Å². The molecule has 0 aliphatic rings. The van der Waals surface area contributed by atoms with Crippen molar-refractivity contribution < 1.29 is 8.42 Å². The predicted molar refractivity (Wildman–Crippen MR) is 78.9 cm³/mol. The maximum Gasteiger partial charge on any atom is 0.241 e. The highest BCUT2D eigenvalue weighted by atomic mass is 32.2. The largest absolute Gasteiger partial charge is 0.257 e. The molecule has 1 aromatic heterocycles. The van der Waals surface area contributed by atoms with Crippen LogP contribution < -0.4 is 4.72 Å². The van der Waals surface area contributed by atoms with Gasteiger partial charge >= 0.3 is 0 Å². The minimum atomic E-state index is -3.68. The summed E-state index contributed by atoms with van der Waals surface area (Å²) < 4.78 is 27.2. The molecule has 0 atom stereocenters. The van der Waals surface area contributed by atoms with Crippen molar-refractivity contribution >= 4 is 10.0 Å². The van der Waals surface area contributed by atoms with Crippen molar-refractivity contribution in [2.75, 3.05) is 0 Å². The molecule has 0 fully saturated rings. The molecule has 0 bridgehead atoms. The van der Waals surface area contributed by atoms with E-state index in [1.54, 1.807) is 25.1 Å². The highest BCUT2D eigenvalue weighted by molar-refractivity contribution is 7.89. The van der Waals surface area contributed by atoms with Gasteiger partial charge in [0.25, 0.3) is 0 Å². The van der Waals surface area contributed by atoms with Crippen molar-refractivity contribution in [3.8, 4) is 6.07 Å². The van der Waals surface area contributed by atoms with E-state index in [2.05, 4.69) is 9.71 Å². The molecule has 0 amide bonds. The minimum absolute atomic E-state index is 0.111. The van der Waals surface area contributed by atoms with E-state index in [1.807, 2.05) is 25.1 Å². The lowest BCUT2D eigenvalue weighted by molar-refractivity contribution is 0.579. The molecule has 0 spiro atoms. The summed E-state index contributed by atoms with van der Waals surface area (Å²) in [4.78, 5) is 4.37. The third-order valence-electron chi connectivity index (χ3n) is 3.00. The zero-order valence-electron chi connectivity index (χ0n) is 11.8. The number of nitrogens with one attached hydrogen (secondary N) is 1. The quantitative estimate of drug-likeness (QED) is 0.937. The van der Waals surface area contributed by atoms with E-state index in [0.29, 0.717) is 16.8 Å². The number of aryl methyl sites for hydroxylation is 2. The van der Waals surface area contributed by atoms with Crippen LogP contribution in [0.1, 0.15) is 22.5 Å². The first-order valence-corrected chi connectivity index (χ1v) is 7.83. The highest BCUT2D eigenvalue weighted by Gasteiger charge is 2.17. The number of hydrogen-bond donors (Lipinski definition) is 1. The first-order chi connectivity index (χ1) is 9.92. The normalized spacial score (nSPS) is 11.1. The van der Waals surface area contributed by atoms with Gasteiger partial charge in [0.05, 0.1) is 28.8 Å². The summed E-state index contributed by atoms with van der Waals surface area (Å²) in [6.45, 7) is 3.65. The van der Waals surface area contributed by atoms with E-state index >= 15 is 0 Å². The summed E-state index contributed by atoms with van der Waals surface area (Å²) in [5.74, 6) is 0. The van der Waals surface area contributed by atoms with Crippen molar-refractivity contribution in [1.82, 2.24) is 9.71 Å². The van der Waals surface area contributed by atoms with Crippen LogP contribution in [-0.2, 0) is 16.6 Å². The second kappa shape index (κ2) is 6.04. The molecular weight excluding hydrogens is 286 g/mol. The average Bonchev–Trinajstić information content (AvgIpc) is 2.46. The van der Waals surface area contributed by atoms with Gasteiger partial charge < -0.3 is 0 Å². The van der Waals surface area contributed by atoms with Crippen LogP contribution in [0.4, 0.5) is 0 Å². The Labute approximate surface area is 124 Å². The lowest BCUT2D eigenvalue weighted by Gasteiger charge is -2.09. The Balaban J connectivity index is 2.25. The predicted octanol–water partition coefficient (Wildman–Crippen LogP) is 2.05. The van der Waals surface area contributed by atoms with Crippen LogP contribution in [-0.4, -0.2) is 13.4 Å². The number of rotatable bonds is 4. The van der Waals surface area contributed by atoms with Gasteiger partial charge in [0.1, 0.15) is 0 Å². The molecule has 6 heteroatoms. The van der Waals surface area contributed by atoms with Crippen molar-refractivity contribution in [1.29, 1.82) is 5.26 Å². The SMILES string of the molecule is Cc1cccc(CNS(=O)(=O)c2cc(C#N)ccc2C)n1. The summed E-state index contributed by atoms with van der Waals surface area (Å²) in [5, 5.41) is 8.88. The van der Waals surface area contributed by atoms with E-state index in [0.717, 1.165) is 5.69 Å². The van der Waals surface area contributed by atoms with Gasteiger partial charge in [0, 0.05) is 5.69 Å². The summed E-state index contributed by atoms with van der Waals surface area (Å²) in [5.41, 5.74) is 2.38. The molecule has 2 aromatic rings. The van der Waals surface area contributed by atoms with E-state index in [1.165, 1.54) is 6.07 Å². The van der Waals surface area contributed by atoms with E-state index in [9.17, 15) is 8.42 Å². The smallest absolute Gasteiger partial charge is 0.241 e. The van der Waals surface area contributed by atoms with Gasteiger partial charge in [-0.1, -0.05) is 12.1 Å². The third-order valence-corrected chi connectivity index (χ3v) is 4.54. The summed E-state index contributed by atoms with van der Waals surface area (Å²) in [6, 6.07) is 12.0. The van der Waals surface area contributed by atoms with Gasteiger partial charge in [0.2, 0.25) is 10.0 Å². The molecule has 0 saturated carbocycles. The Hall–Kier alpha value is -2.23. The standard InChI is InChI=1S/C15H15N3O2S/c1-11-6-7-13(9-16)8-15(11)21(19,20)17-10-14-5-3-4-12(2)18-14/h3-8,17H,10H2,1-2H3. The lowest BCUT2D eigenvalue weighted by Crippen LogP contribution is -2.24. The molecule has 1 N–H and O–H groups in total. The molecule has 0 radical (unpaired) electrons. The zero-order chi connectivity index (χ0) is 15.5. The number of sulfonamides is 1. The van der Waals surface area contributed by atoms with Gasteiger partial charge in [-0.05, 0) is 43.7 Å². The van der Waals surface area contributed by atoms with Crippen LogP contribution >= 0.6 is 0 Å². The second-order valence-electron chi connectivity index (χ2n) is 4.69. The fourth-order valence-electron chi connectivity index (χ4n) is 1.90. The van der Waals surface area contributed by atoms with Crippen LogP contribution in [0.3, 0.4) is 0 Å². The van der Waals surface area contributed by atoms with E-state index < -0.39 is 10.0 Å². The molecule has 0 unspecified atom stereocenters. The fourth-order valence-corrected chi connectivity index (χ4v) is 3.17. The first-order valence-electron chi connectivity index (χ1n) is 6.35. The molecule has 0 saturated heterocycles. The first kappa shape index (κ1) is 15.2. The molecule has 5 nitrogen and oxygen atoms in total. The Morgan fingerprint density at radius 2 is 2.00 bits per heavy atom. The number of pyridine rings is 1. The van der Waals surface area contributed by atoms with Crippen LogP contribution in [0.2, 0.25) is 0 Å². The summed E-state index contributed by atoms with van der Waals surface area (Å²) in [6.07, 6.45) is 0. The van der Waals surface area contributed by atoms with Crippen LogP contribution in [0.5, 0.6) is 0 Å². The molecule has 0 aliphatic heterocycles.